The first-order valence-corrected chi connectivity index (χ1v) is 8.60. The highest BCUT2D eigenvalue weighted by atomic mass is 32.2. The third kappa shape index (κ3) is 5.75. The van der Waals surface area contributed by atoms with Gasteiger partial charge in [-0.1, -0.05) is 6.07 Å². The molecule has 0 saturated heterocycles. The molecule has 1 aromatic rings. The minimum absolute atomic E-state index is 0.0563. The van der Waals surface area contributed by atoms with Crippen molar-refractivity contribution in [2.75, 3.05) is 20.3 Å². The second-order valence-electron chi connectivity index (χ2n) is 5.32. The average Bonchev–Trinajstić information content (AvgIpc) is 2.41. The Morgan fingerprint density at radius 1 is 1.27 bits per heavy atom. The van der Waals surface area contributed by atoms with Gasteiger partial charge in [-0.2, -0.15) is 0 Å². The van der Waals surface area contributed by atoms with Crippen LogP contribution in [0.5, 0.6) is 0 Å². The number of rotatable bonds is 8. The van der Waals surface area contributed by atoms with Crippen LogP contribution in [0.2, 0.25) is 0 Å². The maximum absolute atomic E-state index is 12.1. The summed E-state index contributed by atoms with van der Waals surface area (Å²) in [5.74, 6) is -0.215. The van der Waals surface area contributed by atoms with Crippen LogP contribution in [0, 0.1) is 13.8 Å². The number of carbonyl (C=O) groups is 1. The summed E-state index contributed by atoms with van der Waals surface area (Å²) >= 11 is 0. The van der Waals surface area contributed by atoms with Crippen LogP contribution in [-0.4, -0.2) is 40.6 Å². The molecule has 0 spiro atoms. The first-order valence-electron chi connectivity index (χ1n) is 7.11. The summed E-state index contributed by atoms with van der Waals surface area (Å²) in [4.78, 5) is 11.9. The highest BCUT2D eigenvalue weighted by Gasteiger charge is 2.15. The van der Waals surface area contributed by atoms with Gasteiger partial charge in [0.05, 0.1) is 11.5 Å². The van der Waals surface area contributed by atoms with Gasteiger partial charge in [0.25, 0.3) is 0 Å². The molecule has 0 radical (unpaired) electrons. The molecule has 0 aromatic heterocycles. The molecule has 6 nitrogen and oxygen atoms in total. The zero-order valence-corrected chi connectivity index (χ0v) is 14.3. The zero-order chi connectivity index (χ0) is 16.8. The van der Waals surface area contributed by atoms with E-state index in [1.54, 1.807) is 25.3 Å². The van der Waals surface area contributed by atoms with E-state index in [9.17, 15) is 13.2 Å². The summed E-state index contributed by atoms with van der Waals surface area (Å²) in [5, 5.41) is 2.72. The molecule has 0 heterocycles. The molecular formula is C15H24N2O4S. The average molecular weight is 328 g/mol. The van der Waals surface area contributed by atoms with Gasteiger partial charge in [0, 0.05) is 26.1 Å². The van der Waals surface area contributed by atoms with E-state index < -0.39 is 10.0 Å². The van der Waals surface area contributed by atoms with Crippen LogP contribution in [0.15, 0.2) is 23.1 Å². The minimum Gasteiger partial charge on any atom is -0.383 e. The standard InChI is InChI=1S/C15H24N2O4S/c1-11-5-6-14(9-12(11)2)22(19,20)16-8-7-15(18)17-13(3)10-21-4/h5-6,9,13,16H,7-8,10H2,1-4H3,(H,17,18)/t13-/m1/s1. The van der Waals surface area contributed by atoms with Gasteiger partial charge in [-0.25, -0.2) is 13.1 Å². The number of sulfonamides is 1. The van der Waals surface area contributed by atoms with Crippen LogP contribution in [0.4, 0.5) is 0 Å². The van der Waals surface area contributed by atoms with Crippen LogP contribution in [-0.2, 0) is 19.6 Å². The predicted molar refractivity (Wildman–Crippen MR) is 85.2 cm³/mol. The SMILES string of the molecule is COC[C@@H](C)NC(=O)CCNS(=O)(=O)c1ccc(C)c(C)c1. The second kappa shape index (κ2) is 8.26. The molecule has 2 N–H and O–H groups in total. The normalized spacial score (nSPS) is 12.9. The zero-order valence-electron chi connectivity index (χ0n) is 13.5. The second-order valence-corrected chi connectivity index (χ2v) is 7.08. The summed E-state index contributed by atoms with van der Waals surface area (Å²) in [6.07, 6.45) is 0.0815. The molecular weight excluding hydrogens is 304 g/mol. The van der Waals surface area contributed by atoms with E-state index in [1.807, 2.05) is 20.8 Å². The van der Waals surface area contributed by atoms with E-state index in [4.69, 9.17) is 4.74 Å². The van der Waals surface area contributed by atoms with Gasteiger partial charge in [-0.05, 0) is 44.0 Å². The van der Waals surface area contributed by atoms with Crippen molar-refractivity contribution in [1.82, 2.24) is 10.0 Å². The van der Waals surface area contributed by atoms with Crippen molar-refractivity contribution >= 4 is 15.9 Å². The van der Waals surface area contributed by atoms with E-state index in [0.29, 0.717) is 6.61 Å². The lowest BCUT2D eigenvalue weighted by Crippen LogP contribution is -2.37. The predicted octanol–water partition coefficient (Wildman–Crippen LogP) is 1.12. The van der Waals surface area contributed by atoms with E-state index >= 15 is 0 Å². The van der Waals surface area contributed by atoms with Gasteiger partial charge in [-0.15, -0.1) is 0 Å². The number of ether oxygens (including phenoxy) is 1. The molecule has 22 heavy (non-hydrogen) atoms. The summed E-state index contributed by atoms with van der Waals surface area (Å²) in [7, 11) is -2.03. The van der Waals surface area contributed by atoms with E-state index in [-0.39, 0.29) is 29.8 Å². The van der Waals surface area contributed by atoms with E-state index in [2.05, 4.69) is 10.0 Å². The number of aryl methyl sites for hydroxylation is 2. The topological polar surface area (TPSA) is 84.5 Å². The van der Waals surface area contributed by atoms with E-state index in [1.165, 1.54) is 0 Å². The Bertz CT molecular complexity index is 614. The third-order valence-electron chi connectivity index (χ3n) is 3.26. The molecule has 0 bridgehead atoms. The number of carbonyl (C=O) groups excluding carboxylic acids is 1. The van der Waals surface area contributed by atoms with Gasteiger partial charge in [0.2, 0.25) is 15.9 Å². The smallest absolute Gasteiger partial charge is 0.240 e. The maximum Gasteiger partial charge on any atom is 0.240 e. The number of hydrogen-bond donors (Lipinski definition) is 2. The summed E-state index contributed by atoms with van der Waals surface area (Å²) in [5.41, 5.74) is 1.94. The molecule has 0 aliphatic heterocycles. The lowest BCUT2D eigenvalue weighted by molar-refractivity contribution is -0.121. The number of benzene rings is 1. The number of amides is 1. The van der Waals surface area contributed by atoms with Crippen molar-refractivity contribution < 1.29 is 17.9 Å². The quantitative estimate of drug-likeness (QED) is 0.749. The lowest BCUT2D eigenvalue weighted by Gasteiger charge is -2.13. The first-order chi connectivity index (χ1) is 10.3. The van der Waals surface area contributed by atoms with Gasteiger partial charge in [0.15, 0.2) is 0 Å². The Morgan fingerprint density at radius 3 is 2.55 bits per heavy atom. The fourth-order valence-electron chi connectivity index (χ4n) is 1.90. The molecule has 7 heteroatoms. The van der Waals surface area contributed by atoms with Gasteiger partial charge in [0.1, 0.15) is 0 Å². The van der Waals surface area contributed by atoms with Crippen molar-refractivity contribution in [3.63, 3.8) is 0 Å². The van der Waals surface area contributed by atoms with Crippen LogP contribution >= 0.6 is 0 Å². The highest BCUT2D eigenvalue weighted by Crippen LogP contribution is 2.14. The van der Waals surface area contributed by atoms with Crippen molar-refractivity contribution in [1.29, 1.82) is 0 Å². The monoisotopic (exact) mass is 328 g/mol. The van der Waals surface area contributed by atoms with Crippen LogP contribution in [0.25, 0.3) is 0 Å². The van der Waals surface area contributed by atoms with Crippen molar-refractivity contribution in [3.05, 3.63) is 29.3 Å². The molecule has 1 amide bonds. The Balaban J connectivity index is 2.52. The summed E-state index contributed by atoms with van der Waals surface area (Å²) < 4.78 is 31.6. The van der Waals surface area contributed by atoms with Crippen molar-refractivity contribution in [2.45, 2.75) is 38.1 Å². The van der Waals surface area contributed by atoms with Crippen molar-refractivity contribution in [3.8, 4) is 0 Å². The van der Waals surface area contributed by atoms with Crippen LogP contribution in [0.3, 0.4) is 0 Å². The summed E-state index contributed by atoms with van der Waals surface area (Å²) in [6.45, 7) is 6.07. The fraction of sp³-hybridized carbons (Fsp3) is 0.533. The minimum atomic E-state index is -3.59. The van der Waals surface area contributed by atoms with Crippen LogP contribution < -0.4 is 10.0 Å². The Hall–Kier alpha value is -1.44. The molecule has 0 aliphatic carbocycles. The highest BCUT2D eigenvalue weighted by molar-refractivity contribution is 7.89. The Kier molecular flexibility index (Phi) is 6.99. The molecule has 1 atom stereocenters. The first kappa shape index (κ1) is 18.6. The molecule has 1 aromatic carbocycles. The lowest BCUT2D eigenvalue weighted by atomic mass is 10.1. The molecule has 0 fully saturated rings. The molecule has 124 valence electrons. The largest absolute Gasteiger partial charge is 0.383 e. The van der Waals surface area contributed by atoms with Crippen LogP contribution in [0.1, 0.15) is 24.5 Å². The molecule has 1 rings (SSSR count). The van der Waals surface area contributed by atoms with E-state index in [0.717, 1.165) is 11.1 Å². The third-order valence-corrected chi connectivity index (χ3v) is 4.72. The van der Waals surface area contributed by atoms with Gasteiger partial charge < -0.3 is 10.1 Å². The molecule has 0 aliphatic rings. The number of nitrogens with one attached hydrogen (secondary N) is 2. The number of methoxy groups -OCH3 is 1. The van der Waals surface area contributed by atoms with Gasteiger partial charge >= 0.3 is 0 Å². The van der Waals surface area contributed by atoms with Gasteiger partial charge in [-0.3, -0.25) is 4.79 Å². The summed E-state index contributed by atoms with van der Waals surface area (Å²) in [6, 6.07) is 4.85. The molecule has 0 unspecified atom stereocenters. The Labute approximate surface area is 132 Å². The number of hydrogen-bond acceptors (Lipinski definition) is 4. The van der Waals surface area contributed by atoms with Crippen molar-refractivity contribution in [2.24, 2.45) is 0 Å². The molecule has 0 saturated carbocycles. The maximum atomic E-state index is 12.1. The Morgan fingerprint density at radius 2 is 1.95 bits per heavy atom. The fourth-order valence-corrected chi connectivity index (χ4v) is 3.02.